The molecule has 3 N–H and O–H groups in total. The van der Waals surface area contributed by atoms with Crippen LogP contribution < -0.4 is 0 Å². The third kappa shape index (κ3) is 2.92. The van der Waals surface area contributed by atoms with Crippen molar-refractivity contribution < 1.29 is 20.1 Å². The molecular weight excluding hydrogens is 364 g/mol. The predicted octanol–water partition coefficient (Wildman–Crippen LogP) is 4.18. The van der Waals surface area contributed by atoms with E-state index in [1.54, 1.807) is 0 Å². The summed E-state index contributed by atoms with van der Waals surface area (Å²) in [5, 5.41) is 35.5. The number of allylic oxidation sites excluding steroid dienone is 1. The molecule has 0 amide bonds. The summed E-state index contributed by atoms with van der Waals surface area (Å²) in [4.78, 5) is 0. The first-order valence-corrected chi connectivity index (χ1v) is 11.7. The summed E-state index contributed by atoms with van der Waals surface area (Å²) in [7, 11) is 0. The molecule has 2 bridgehead atoms. The van der Waals surface area contributed by atoms with Gasteiger partial charge in [-0.05, 0) is 61.9 Å². The van der Waals surface area contributed by atoms with Gasteiger partial charge in [0.2, 0.25) is 0 Å². The van der Waals surface area contributed by atoms with Gasteiger partial charge in [0, 0.05) is 17.4 Å². The van der Waals surface area contributed by atoms with E-state index in [-0.39, 0.29) is 35.7 Å². The van der Waals surface area contributed by atoms with E-state index in [0.717, 1.165) is 17.6 Å². The van der Waals surface area contributed by atoms with Crippen molar-refractivity contribution in [3.05, 3.63) is 11.1 Å². The third-order valence-electron chi connectivity index (χ3n) is 9.96. The molecule has 4 heteroatoms. The Morgan fingerprint density at radius 2 is 1.66 bits per heavy atom. The highest BCUT2D eigenvalue weighted by atomic mass is 16.5. The molecule has 10 atom stereocenters. The maximum absolute atomic E-state index is 12.3. The Morgan fingerprint density at radius 1 is 1.07 bits per heavy atom. The lowest BCUT2D eigenvalue weighted by molar-refractivity contribution is -0.236. The Morgan fingerprint density at radius 3 is 2.21 bits per heavy atom. The summed E-state index contributed by atoms with van der Waals surface area (Å²) in [5.74, 6) is 0.559. The average molecular weight is 409 g/mol. The molecule has 3 rings (SSSR count). The first-order chi connectivity index (χ1) is 13.3. The first-order valence-electron chi connectivity index (χ1n) is 11.7. The number of fused-ring (bicyclic) bond motifs is 3. The molecule has 2 fully saturated rings. The zero-order valence-corrected chi connectivity index (χ0v) is 20.0. The van der Waals surface area contributed by atoms with E-state index in [4.69, 9.17) is 4.74 Å². The topological polar surface area (TPSA) is 69.9 Å². The van der Waals surface area contributed by atoms with E-state index in [1.165, 1.54) is 0 Å². The largest absolute Gasteiger partial charge is 0.389 e. The molecule has 0 aromatic rings. The number of ether oxygens (including phenoxy) is 1. The molecule has 0 spiro atoms. The van der Waals surface area contributed by atoms with Gasteiger partial charge in [-0.2, -0.15) is 0 Å². The Bertz CT molecular complexity index is 670. The van der Waals surface area contributed by atoms with Crippen LogP contribution >= 0.6 is 0 Å². The van der Waals surface area contributed by atoms with Crippen LogP contribution in [0.15, 0.2) is 11.1 Å². The van der Waals surface area contributed by atoms with Gasteiger partial charge in [0.15, 0.2) is 0 Å². The van der Waals surface area contributed by atoms with Crippen molar-refractivity contribution in [2.75, 3.05) is 6.61 Å². The summed E-state index contributed by atoms with van der Waals surface area (Å²) in [6.45, 7) is 19.8. The molecule has 2 saturated carbocycles. The lowest BCUT2D eigenvalue weighted by Gasteiger charge is -2.65. The highest BCUT2D eigenvalue weighted by Gasteiger charge is 2.66. The van der Waals surface area contributed by atoms with Gasteiger partial charge < -0.3 is 20.1 Å². The SMILES string of the molecule is CCO[C@@H]1C[C@H](C)[C@]2(C)[C@@H]([C@H]1C)[C@H](C)[C@]1(O)C[C@H](C)C(C)=C([C@H](O)[C@@H]2O)C1(C)C. The minimum atomic E-state index is -0.961. The van der Waals surface area contributed by atoms with Gasteiger partial charge in [0.1, 0.15) is 6.10 Å². The Labute approximate surface area is 177 Å². The van der Waals surface area contributed by atoms with Gasteiger partial charge in [-0.3, -0.25) is 0 Å². The quantitative estimate of drug-likeness (QED) is 0.600. The second-order valence-corrected chi connectivity index (χ2v) is 11.3. The van der Waals surface area contributed by atoms with Gasteiger partial charge in [0.05, 0.1) is 17.8 Å². The number of hydrogen-bond acceptors (Lipinski definition) is 4. The van der Waals surface area contributed by atoms with Crippen LogP contribution in [0.1, 0.15) is 75.2 Å². The molecule has 0 saturated heterocycles. The van der Waals surface area contributed by atoms with Crippen LogP contribution in [0.5, 0.6) is 0 Å². The number of rotatable bonds is 2. The summed E-state index contributed by atoms with van der Waals surface area (Å²) < 4.78 is 6.13. The lowest BCUT2D eigenvalue weighted by atomic mass is 9.42. The van der Waals surface area contributed by atoms with E-state index in [1.807, 2.05) is 6.92 Å². The molecule has 29 heavy (non-hydrogen) atoms. The molecule has 0 aromatic heterocycles. The van der Waals surface area contributed by atoms with E-state index in [0.29, 0.717) is 13.0 Å². The van der Waals surface area contributed by atoms with E-state index >= 15 is 0 Å². The zero-order chi connectivity index (χ0) is 22.1. The summed E-state index contributed by atoms with van der Waals surface area (Å²) >= 11 is 0. The predicted molar refractivity (Wildman–Crippen MR) is 116 cm³/mol. The molecule has 0 unspecified atom stereocenters. The number of aliphatic hydroxyl groups excluding tert-OH is 2. The van der Waals surface area contributed by atoms with Crippen molar-refractivity contribution >= 4 is 0 Å². The van der Waals surface area contributed by atoms with E-state index < -0.39 is 28.6 Å². The summed E-state index contributed by atoms with van der Waals surface area (Å²) in [6, 6.07) is 0. The molecule has 4 nitrogen and oxygen atoms in total. The van der Waals surface area contributed by atoms with Gasteiger partial charge >= 0.3 is 0 Å². The van der Waals surface area contributed by atoms with Gasteiger partial charge in [-0.25, -0.2) is 0 Å². The first kappa shape index (κ1) is 23.2. The van der Waals surface area contributed by atoms with Crippen molar-refractivity contribution in [2.24, 2.45) is 40.4 Å². The number of aliphatic hydroxyl groups is 3. The molecule has 0 heterocycles. The van der Waals surface area contributed by atoms with E-state index in [2.05, 4.69) is 55.4 Å². The van der Waals surface area contributed by atoms with Crippen molar-refractivity contribution in [1.82, 2.24) is 0 Å². The standard InChI is InChI=1S/C25H44O4/c1-10-29-18-11-14(3)24(9)19(16(18)5)17(6)25(28)12-13(2)15(4)20(23(25,7)8)21(26)22(24)27/h13-14,16-19,21-22,26-28H,10-12H2,1-9H3/t13-,14-,16-,17-,18+,19-,21-,22-,24+,25+/m0/s1. The lowest BCUT2D eigenvalue weighted by Crippen LogP contribution is -2.68. The monoisotopic (exact) mass is 408 g/mol. The smallest absolute Gasteiger partial charge is 0.102 e. The average Bonchev–Trinajstić information content (AvgIpc) is 2.63. The fourth-order valence-electron chi connectivity index (χ4n) is 7.88. The van der Waals surface area contributed by atoms with Crippen molar-refractivity contribution in [3.8, 4) is 0 Å². The van der Waals surface area contributed by atoms with Crippen molar-refractivity contribution in [3.63, 3.8) is 0 Å². The molecule has 0 aliphatic heterocycles. The third-order valence-corrected chi connectivity index (χ3v) is 9.96. The highest BCUT2D eigenvalue weighted by molar-refractivity contribution is 5.36. The highest BCUT2D eigenvalue weighted by Crippen LogP contribution is 2.64. The van der Waals surface area contributed by atoms with Crippen LogP contribution in [0, 0.1) is 40.4 Å². The van der Waals surface area contributed by atoms with Gasteiger partial charge in [-0.1, -0.05) is 54.0 Å². The maximum atomic E-state index is 12.3. The summed E-state index contributed by atoms with van der Waals surface area (Å²) in [6.07, 6.45) is -0.156. The Kier molecular flexibility index (Phi) is 5.87. The Hall–Kier alpha value is -0.420. The second-order valence-electron chi connectivity index (χ2n) is 11.3. The summed E-state index contributed by atoms with van der Waals surface area (Å²) in [5.41, 5.74) is -0.0702. The fourth-order valence-corrected chi connectivity index (χ4v) is 7.88. The van der Waals surface area contributed by atoms with Gasteiger partial charge in [0.25, 0.3) is 0 Å². The molecule has 3 aliphatic rings. The molecule has 168 valence electrons. The fraction of sp³-hybridized carbons (Fsp3) is 0.920. The van der Waals surface area contributed by atoms with Crippen LogP contribution in [0.3, 0.4) is 0 Å². The maximum Gasteiger partial charge on any atom is 0.102 e. The molecule has 0 aromatic carbocycles. The van der Waals surface area contributed by atoms with Crippen molar-refractivity contribution in [2.45, 2.75) is 99.1 Å². The van der Waals surface area contributed by atoms with E-state index in [9.17, 15) is 15.3 Å². The molecule has 3 aliphatic carbocycles. The van der Waals surface area contributed by atoms with Crippen molar-refractivity contribution in [1.29, 1.82) is 0 Å². The zero-order valence-electron chi connectivity index (χ0n) is 20.0. The number of hydrogen-bond donors (Lipinski definition) is 3. The van der Waals surface area contributed by atoms with Crippen LogP contribution in [0.4, 0.5) is 0 Å². The van der Waals surface area contributed by atoms with Crippen LogP contribution in [-0.4, -0.2) is 45.8 Å². The van der Waals surface area contributed by atoms with Crippen LogP contribution in [-0.2, 0) is 4.74 Å². The molecule has 0 radical (unpaired) electrons. The minimum Gasteiger partial charge on any atom is -0.389 e. The van der Waals surface area contributed by atoms with Gasteiger partial charge in [-0.15, -0.1) is 0 Å². The minimum absolute atomic E-state index is 0.0316. The van der Waals surface area contributed by atoms with Crippen LogP contribution in [0.2, 0.25) is 0 Å². The molecular formula is C25H44O4. The second kappa shape index (κ2) is 7.32. The normalized spacial score (nSPS) is 52.6. The Balaban J connectivity index is 2.26. The van der Waals surface area contributed by atoms with Crippen LogP contribution in [0.25, 0.3) is 0 Å².